The summed E-state index contributed by atoms with van der Waals surface area (Å²) in [5.41, 5.74) is 5.65. The van der Waals surface area contributed by atoms with Crippen LogP contribution in [0.15, 0.2) is 24.3 Å². The van der Waals surface area contributed by atoms with Gasteiger partial charge in [0.2, 0.25) is 5.13 Å². The van der Waals surface area contributed by atoms with Crippen LogP contribution in [0.2, 0.25) is 0 Å². The number of nitrogens with zero attached hydrogens (tertiary/aromatic N) is 3. The van der Waals surface area contributed by atoms with Crippen molar-refractivity contribution in [2.75, 3.05) is 12.1 Å². The first-order valence-corrected chi connectivity index (χ1v) is 6.79. The molecule has 0 saturated carbocycles. The summed E-state index contributed by atoms with van der Waals surface area (Å²) in [6.07, 6.45) is 0. The SMILES string of the molecule is Cc1ccccc1-c1nnc(N(C)NC(C)C)s1.Cl. The van der Waals surface area contributed by atoms with Crippen molar-refractivity contribution in [1.29, 1.82) is 0 Å². The summed E-state index contributed by atoms with van der Waals surface area (Å²) in [7, 11) is 1.96. The number of benzene rings is 1. The van der Waals surface area contributed by atoms with Crippen molar-refractivity contribution < 1.29 is 0 Å². The molecule has 0 aliphatic rings. The Bertz CT molecular complexity index is 527. The van der Waals surface area contributed by atoms with Crippen LogP contribution in [-0.2, 0) is 0 Å². The van der Waals surface area contributed by atoms with Crippen molar-refractivity contribution in [2.24, 2.45) is 0 Å². The summed E-state index contributed by atoms with van der Waals surface area (Å²) in [5.74, 6) is 0. The lowest BCUT2D eigenvalue weighted by atomic mass is 10.1. The van der Waals surface area contributed by atoms with E-state index in [2.05, 4.69) is 48.5 Å². The lowest BCUT2D eigenvalue weighted by Crippen LogP contribution is -2.39. The molecule has 0 atom stereocenters. The molecule has 0 radical (unpaired) electrons. The predicted octanol–water partition coefficient (Wildman–Crippen LogP) is 3.28. The van der Waals surface area contributed by atoms with Crippen molar-refractivity contribution >= 4 is 28.9 Å². The van der Waals surface area contributed by atoms with E-state index in [-0.39, 0.29) is 12.4 Å². The summed E-state index contributed by atoms with van der Waals surface area (Å²) in [4.78, 5) is 0. The molecule has 104 valence electrons. The minimum Gasteiger partial charge on any atom is -0.285 e. The number of hydrazine groups is 1. The first-order chi connectivity index (χ1) is 8.58. The second kappa shape index (κ2) is 6.84. The highest BCUT2D eigenvalue weighted by atomic mass is 35.5. The van der Waals surface area contributed by atoms with Gasteiger partial charge in [0.05, 0.1) is 0 Å². The van der Waals surface area contributed by atoms with Crippen LogP contribution in [0.5, 0.6) is 0 Å². The van der Waals surface area contributed by atoms with E-state index in [9.17, 15) is 0 Å². The van der Waals surface area contributed by atoms with E-state index in [0.717, 1.165) is 15.7 Å². The lowest BCUT2D eigenvalue weighted by molar-refractivity contribution is 0.578. The molecule has 1 aromatic carbocycles. The highest BCUT2D eigenvalue weighted by molar-refractivity contribution is 7.18. The summed E-state index contributed by atoms with van der Waals surface area (Å²) in [5, 5.41) is 12.2. The average Bonchev–Trinajstić information content (AvgIpc) is 2.78. The highest BCUT2D eigenvalue weighted by Crippen LogP contribution is 2.29. The zero-order valence-electron chi connectivity index (χ0n) is 11.5. The van der Waals surface area contributed by atoms with Gasteiger partial charge >= 0.3 is 0 Å². The Morgan fingerprint density at radius 1 is 1.21 bits per heavy atom. The smallest absolute Gasteiger partial charge is 0.222 e. The van der Waals surface area contributed by atoms with Crippen molar-refractivity contribution in [3.8, 4) is 10.6 Å². The maximum atomic E-state index is 4.26. The number of hydrogen-bond acceptors (Lipinski definition) is 5. The van der Waals surface area contributed by atoms with Crippen molar-refractivity contribution in [1.82, 2.24) is 15.6 Å². The Hall–Kier alpha value is -1.17. The second-order valence-electron chi connectivity index (χ2n) is 4.55. The molecule has 0 saturated heterocycles. The van der Waals surface area contributed by atoms with Crippen LogP contribution in [0.4, 0.5) is 5.13 Å². The van der Waals surface area contributed by atoms with Gasteiger partial charge in [0.25, 0.3) is 0 Å². The molecule has 0 unspecified atom stereocenters. The average molecular weight is 299 g/mol. The lowest BCUT2D eigenvalue weighted by Gasteiger charge is -2.19. The van der Waals surface area contributed by atoms with Crippen molar-refractivity contribution in [3.05, 3.63) is 29.8 Å². The molecule has 1 heterocycles. The Balaban J connectivity index is 0.00000180. The molecular formula is C13H19ClN4S. The van der Waals surface area contributed by atoms with Crippen LogP contribution >= 0.6 is 23.7 Å². The van der Waals surface area contributed by atoms with E-state index < -0.39 is 0 Å². The Kier molecular flexibility index (Phi) is 5.72. The molecule has 2 aromatic rings. The fourth-order valence-electron chi connectivity index (χ4n) is 1.72. The molecule has 0 bridgehead atoms. The van der Waals surface area contributed by atoms with Gasteiger partial charge in [0.15, 0.2) is 0 Å². The van der Waals surface area contributed by atoms with Crippen LogP contribution in [-0.4, -0.2) is 23.3 Å². The van der Waals surface area contributed by atoms with Crippen LogP contribution in [0.25, 0.3) is 10.6 Å². The summed E-state index contributed by atoms with van der Waals surface area (Å²) in [6.45, 7) is 6.28. The van der Waals surface area contributed by atoms with Gasteiger partial charge in [-0.1, -0.05) is 35.6 Å². The minimum atomic E-state index is 0. The molecule has 1 aromatic heterocycles. The second-order valence-corrected chi connectivity index (χ2v) is 5.50. The number of halogens is 1. The summed E-state index contributed by atoms with van der Waals surface area (Å²) < 4.78 is 0. The monoisotopic (exact) mass is 298 g/mol. The largest absolute Gasteiger partial charge is 0.285 e. The number of aromatic nitrogens is 2. The highest BCUT2D eigenvalue weighted by Gasteiger charge is 2.12. The molecule has 0 spiro atoms. The third-order valence-corrected chi connectivity index (χ3v) is 3.56. The van der Waals surface area contributed by atoms with Crippen LogP contribution < -0.4 is 10.4 Å². The molecule has 0 aliphatic heterocycles. The summed E-state index contributed by atoms with van der Waals surface area (Å²) in [6, 6.07) is 8.61. The van der Waals surface area contributed by atoms with E-state index in [1.54, 1.807) is 11.3 Å². The molecule has 4 nitrogen and oxygen atoms in total. The van der Waals surface area contributed by atoms with E-state index in [0.29, 0.717) is 6.04 Å². The Morgan fingerprint density at radius 2 is 1.89 bits per heavy atom. The topological polar surface area (TPSA) is 41.1 Å². The number of aryl methyl sites for hydroxylation is 1. The standard InChI is InChI=1S/C13H18N4S.ClH/c1-9(2)16-17(4)13-15-14-12(18-13)11-8-6-5-7-10(11)3;/h5-9,16H,1-4H3;1H. The molecule has 0 aliphatic carbocycles. The van der Waals surface area contributed by atoms with Gasteiger partial charge in [-0.25, -0.2) is 5.43 Å². The van der Waals surface area contributed by atoms with Gasteiger partial charge in [-0.05, 0) is 26.3 Å². The van der Waals surface area contributed by atoms with Crippen molar-refractivity contribution in [2.45, 2.75) is 26.8 Å². The third-order valence-electron chi connectivity index (χ3n) is 2.53. The zero-order chi connectivity index (χ0) is 13.1. The van der Waals surface area contributed by atoms with Gasteiger partial charge in [-0.2, -0.15) is 0 Å². The minimum absolute atomic E-state index is 0. The van der Waals surface area contributed by atoms with Crippen molar-refractivity contribution in [3.63, 3.8) is 0 Å². The molecule has 2 rings (SSSR count). The third kappa shape index (κ3) is 3.89. The van der Waals surface area contributed by atoms with E-state index in [1.807, 2.05) is 24.2 Å². The van der Waals surface area contributed by atoms with E-state index in [4.69, 9.17) is 0 Å². The Labute approximate surface area is 124 Å². The molecule has 0 amide bonds. The zero-order valence-corrected chi connectivity index (χ0v) is 13.2. The number of rotatable bonds is 4. The van der Waals surface area contributed by atoms with Crippen LogP contribution in [0.3, 0.4) is 0 Å². The van der Waals surface area contributed by atoms with Gasteiger partial charge in [-0.3, -0.25) is 5.01 Å². The summed E-state index contributed by atoms with van der Waals surface area (Å²) >= 11 is 1.59. The quantitative estimate of drug-likeness (QED) is 0.880. The van der Waals surface area contributed by atoms with E-state index >= 15 is 0 Å². The molecule has 19 heavy (non-hydrogen) atoms. The first kappa shape index (κ1) is 15.9. The fourth-order valence-corrected chi connectivity index (χ4v) is 2.58. The number of hydrogen-bond donors (Lipinski definition) is 1. The molecule has 1 N–H and O–H groups in total. The van der Waals surface area contributed by atoms with Gasteiger partial charge in [0, 0.05) is 18.7 Å². The van der Waals surface area contributed by atoms with E-state index in [1.165, 1.54) is 5.56 Å². The number of nitrogens with one attached hydrogen (secondary N) is 1. The van der Waals surface area contributed by atoms with Gasteiger partial charge in [0.1, 0.15) is 5.01 Å². The predicted molar refractivity (Wildman–Crippen MR) is 84.0 cm³/mol. The molecule has 0 fully saturated rings. The fraction of sp³-hybridized carbons (Fsp3) is 0.385. The molecular weight excluding hydrogens is 280 g/mol. The van der Waals surface area contributed by atoms with Gasteiger partial charge < -0.3 is 0 Å². The first-order valence-electron chi connectivity index (χ1n) is 5.97. The van der Waals surface area contributed by atoms with Crippen LogP contribution in [0.1, 0.15) is 19.4 Å². The Morgan fingerprint density at radius 3 is 2.53 bits per heavy atom. The number of anilines is 1. The maximum Gasteiger partial charge on any atom is 0.222 e. The van der Waals surface area contributed by atoms with Gasteiger partial charge in [-0.15, -0.1) is 22.6 Å². The molecule has 6 heteroatoms. The normalized spacial score (nSPS) is 10.4. The maximum absolute atomic E-state index is 4.26. The van der Waals surface area contributed by atoms with Crippen LogP contribution in [0, 0.1) is 6.92 Å².